The van der Waals surface area contributed by atoms with Gasteiger partial charge in [-0.3, -0.25) is 14.2 Å². The van der Waals surface area contributed by atoms with E-state index in [2.05, 4.69) is 4.98 Å². The summed E-state index contributed by atoms with van der Waals surface area (Å²) in [6.45, 7) is 3.84. The number of hydrogen-bond donors (Lipinski definition) is 0. The Balaban J connectivity index is 1.58. The molecule has 1 saturated carbocycles. The molecule has 1 aromatic heterocycles. The maximum atomic E-state index is 13.0. The van der Waals surface area contributed by atoms with Crippen molar-refractivity contribution in [2.24, 2.45) is 0 Å². The normalized spacial score (nSPS) is 21.0. The van der Waals surface area contributed by atoms with Crippen LogP contribution in [-0.2, 0) is 14.6 Å². The van der Waals surface area contributed by atoms with Gasteiger partial charge in [0.15, 0.2) is 15.0 Å². The first-order valence-corrected chi connectivity index (χ1v) is 12.7. The predicted molar refractivity (Wildman–Crippen MR) is 114 cm³/mol. The molecule has 2 aromatic rings. The van der Waals surface area contributed by atoms with E-state index < -0.39 is 9.84 Å². The zero-order chi connectivity index (χ0) is 20.8. The molecule has 0 radical (unpaired) electrons. The molecule has 156 valence electrons. The first kappa shape index (κ1) is 20.4. The van der Waals surface area contributed by atoms with Crippen LogP contribution in [0.2, 0.25) is 0 Å². The Hall–Kier alpha value is -1.87. The zero-order valence-electron chi connectivity index (χ0n) is 16.6. The highest BCUT2D eigenvalue weighted by atomic mass is 32.2. The SMILES string of the molecule is CC(C)n1c(SCC(=O)N(C2CC2)C2CCS(=O)(=O)C2)nc2ccccc2c1=O. The Kier molecular flexibility index (Phi) is 5.46. The van der Waals surface area contributed by atoms with Crippen LogP contribution in [0.4, 0.5) is 0 Å². The minimum atomic E-state index is -3.05. The van der Waals surface area contributed by atoms with Gasteiger partial charge in [-0.15, -0.1) is 0 Å². The number of rotatable bonds is 6. The molecule has 9 heteroatoms. The third-order valence-corrected chi connectivity index (χ3v) is 8.13. The lowest BCUT2D eigenvalue weighted by Crippen LogP contribution is -2.43. The van der Waals surface area contributed by atoms with Crippen molar-refractivity contribution in [3.05, 3.63) is 34.6 Å². The summed E-state index contributed by atoms with van der Waals surface area (Å²) in [5, 5.41) is 1.08. The second-order valence-corrected chi connectivity index (χ2v) is 11.2. The summed E-state index contributed by atoms with van der Waals surface area (Å²) < 4.78 is 25.4. The molecule has 1 aromatic carbocycles. The highest BCUT2D eigenvalue weighted by Crippen LogP contribution is 2.33. The molecule has 2 fully saturated rings. The Morgan fingerprint density at radius 2 is 1.97 bits per heavy atom. The van der Waals surface area contributed by atoms with Crippen molar-refractivity contribution in [3.63, 3.8) is 0 Å². The summed E-state index contributed by atoms with van der Waals surface area (Å²) in [5.41, 5.74) is 0.506. The van der Waals surface area contributed by atoms with Gasteiger partial charge in [0.25, 0.3) is 5.56 Å². The molecule has 1 unspecified atom stereocenters. The van der Waals surface area contributed by atoms with Crippen LogP contribution in [-0.4, -0.2) is 58.1 Å². The van der Waals surface area contributed by atoms with Gasteiger partial charge < -0.3 is 4.90 Å². The van der Waals surface area contributed by atoms with Gasteiger partial charge in [-0.2, -0.15) is 0 Å². The molecule has 1 amide bonds. The molecule has 1 aliphatic carbocycles. The van der Waals surface area contributed by atoms with Gasteiger partial charge in [0, 0.05) is 18.1 Å². The maximum absolute atomic E-state index is 13.0. The average molecular weight is 436 g/mol. The number of aromatic nitrogens is 2. The van der Waals surface area contributed by atoms with E-state index in [1.54, 1.807) is 21.6 Å². The fourth-order valence-corrected chi connectivity index (χ4v) is 6.65. The molecule has 4 rings (SSSR count). The number of sulfone groups is 1. The highest BCUT2D eigenvalue weighted by molar-refractivity contribution is 7.99. The number of carbonyl (C=O) groups is 1. The van der Waals surface area contributed by atoms with Crippen molar-refractivity contribution in [1.29, 1.82) is 0 Å². The van der Waals surface area contributed by atoms with E-state index >= 15 is 0 Å². The van der Waals surface area contributed by atoms with Gasteiger partial charge >= 0.3 is 0 Å². The van der Waals surface area contributed by atoms with Crippen molar-refractivity contribution < 1.29 is 13.2 Å². The van der Waals surface area contributed by atoms with Crippen molar-refractivity contribution in [2.45, 2.75) is 56.4 Å². The van der Waals surface area contributed by atoms with E-state index in [0.29, 0.717) is 22.5 Å². The van der Waals surface area contributed by atoms with Gasteiger partial charge in [-0.05, 0) is 45.2 Å². The molecule has 0 spiro atoms. The quantitative estimate of drug-likeness (QED) is 0.511. The fraction of sp³-hybridized carbons (Fsp3) is 0.550. The number of para-hydroxylation sites is 1. The first-order chi connectivity index (χ1) is 13.8. The van der Waals surface area contributed by atoms with Crippen molar-refractivity contribution in [1.82, 2.24) is 14.5 Å². The van der Waals surface area contributed by atoms with E-state index in [0.717, 1.165) is 12.8 Å². The van der Waals surface area contributed by atoms with Crippen LogP contribution < -0.4 is 5.56 Å². The molecule has 0 N–H and O–H groups in total. The molecule has 1 saturated heterocycles. The lowest BCUT2D eigenvalue weighted by Gasteiger charge is -2.28. The number of thioether (sulfide) groups is 1. The van der Waals surface area contributed by atoms with Crippen LogP contribution in [0.1, 0.15) is 39.2 Å². The molecule has 2 aliphatic rings. The topological polar surface area (TPSA) is 89.3 Å². The van der Waals surface area contributed by atoms with Crippen LogP contribution in [0.15, 0.2) is 34.2 Å². The van der Waals surface area contributed by atoms with E-state index in [9.17, 15) is 18.0 Å². The number of nitrogens with zero attached hydrogens (tertiary/aromatic N) is 3. The Bertz CT molecular complexity index is 1110. The van der Waals surface area contributed by atoms with Gasteiger partial charge in [-0.25, -0.2) is 13.4 Å². The molecule has 0 bridgehead atoms. The van der Waals surface area contributed by atoms with E-state index in [1.807, 2.05) is 26.0 Å². The zero-order valence-corrected chi connectivity index (χ0v) is 18.2. The molecule has 1 atom stereocenters. The van der Waals surface area contributed by atoms with Crippen molar-refractivity contribution in [2.75, 3.05) is 17.3 Å². The monoisotopic (exact) mass is 435 g/mol. The lowest BCUT2D eigenvalue weighted by molar-refractivity contribution is -0.130. The summed E-state index contributed by atoms with van der Waals surface area (Å²) in [6, 6.07) is 7.05. The molecular weight excluding hydrogens is 410 g/mol. The number of amides is 1. The maximum Gasteiger partial charge on any atom is 0.262 e. The number of hydrogen-bond acceptors (Lipinski definition) is 6. The second-order valence-electron chi connectivity index (χ2n) is 8.06. The largest absolute Gasteiger partial charge is 0.335 e. The van der Waals surface area contributed by atoms with Gasteiger partial charge in [0.05, 0.1) is 28.2 Å². The van der Waals surface area contributed by atoms with E-state index in [4.69, 9.17) is 0 Å². The molecule has 1 aliphatic heterocycles. The minimum absolute atomic E-state index is 0.0604. The third kappa shape index (κ3) is 4.21. The number of fused-ring (bicyclic) bond motifs is 1. The second kappa shape index (κ2) is 7.75. The van der Waals surface area contributed by atoms with E-state index in [1.165, 1.54) is 11.8 Å². The Labute approximate surface area is 174 Å². The van der Waals surface area contributed by atoms with Gasteiger partial charge in [-0.1, -0.05) is 23.9 Å². The highest BCUT2D eigenvalue weighted by Gasteiger charge is 2.42. The predicted octanol–water partition coefficient (Wildman–Crippen LogP) is 2.25. The molecular formula is C20H25N3O4S2. The molecule has 7 nitrogen and oxygen atoms in total. The first-order valence-electron chi connectivity index (χ1n) is 9.92. The van der Waals surface area contributed by atoms with Crippen molar-refractivity contribution in [3.8, 4) is 0 Å². The molecule has 29 heavy (non-hydrogen) atoms. The third-order valence-electron chi connectivity index (χ3n) is 5.45. The van der Waals surface area contributed by atoms with Crippen LogP contribution in [0.25, 0.3) is 10.9 Å². The number of benzene rings is 1. The minimum Gasteiger partial charge on any atom is -0.335 e. The van der Waals surface area contributed by atoms with Gasteiger partial charge in [0.2, 0.25) is 5.91 Å². The van der Waals surface area contributed by atoms with Gasteiger partial charge in [0.1, 0.15) is 0 Å². The van der Waals surface area contributed by atoms with Crippen LogP contribution in [0.5, 0.6) is 0 Å². The number of carbonyl (C=O) groups excluding carboxylic acids is 1. The summed E-state index contributed by atoms with van der Waals surface area (Å²) >= 11 is 1.26. The summed E-state index contributed by atoms with van der Waals surface area (Å²) in [4.78, 5) is 32.4. The lowest BCUT2D eigenvalue weighted by atomic mass is 10.2. The van der Waals surface area contributed by atoms with Crippen LogP contribution in [0.3, 0.4) is 0 Å². The van der Waals surface area contributed by atoms with Crippen LogP contribution in [0, 0.1) is 0 Å². The summed E-state index contributed by atoms with van der Waals surface area (Å²) in [6.07, 6.45) is 2.37. The van der Waals surface area contributed by atoms with E-state index in [-0.39, 0.29) is 46.9 Å². The molecule has 2 heterocycles. The average Bonchev–Trinajstić information content (AvgIpc) is 3.42. The van der Waals surface area contributed by atoms with Crippen LogP contribution >= 0.6 is 11.8 Å². The van der Waals surface area contributed by atoms with Crippen molar-refractivity contribution >= 4 is 38.4 Å². The fourth-order valence-electron chi connectivity index (χ4n) is 3.94. The summed E-state index contributed by atoms with van der Waals surface area (Å²) in [5.74, 6) is 0.285. The Morgan fingerprint density at radius 1 is 1.24 bits per heavy atom. The standard InChI is InChI=1S/C20H25N3O4S2/c1-13(2)22-19(25)16-5-3-4-6-17(16)21-20(22)28-11-18(24)23(14-7-8-14)15-9-10-29(26,27)12-15/h3-6,13-15H,7-12H2,1-2H3. The Morgan fingerprint density at radius 3 is 2.59 bits per heavy atom. The smallest absolute Gasteiger partial charge is 0.262 e. The summed E-state index contributed by atoms with van der Waals surface area (Å²) in [7, 11) is -3.05.